The highest BCUT2D eigenvalue weighted by molar-refractivity contribution is 5.40. The molecule has 0 unspecified atom stereocenters. The van der Waals surface area contributed by atoms with Crippen molar-refractivity contribution in [3.63, 3.8) is 0 Å². The Labute approximate surface area is 120 Å². The zero-order valence-electron chi connectivity index (χ0n) is 11.4. The van der Waals surface area contributed by atoms with Crippen molar-refractivity contribution in [1.29, 1.82) is 0 Å². The van der Waals surface area contributed by atoms with E-state index in [-0.39, 0.29) is 0 Å². The fourth-order valence-electron chi connectivity index (χ4n) is 1.70. The lowest BCUT2D eigenvalue weighted by atomic mass is 10.1. The molecule has 0 atom stereocenters. The molecular formula is C14H15F3N4. The van der Waals surface area contributed by atoms with E-state index in [1.54, 1.807) is 12.3 Å². The summed E-state index contributed by atoms with van der Waals surface area (Å²) in [6, 6.07) is 6.73. The van der Waals surface area contributed by atoms with Gasteiger partial charge >= 0.3 is 6.18 Å². The smallest absolute Gasteiger partial charge is 0.366 e. The Morgan fingerprint density at radius 3 is 2.38 bits per heavy atom. The molecule has 1 aromatic carbocycles. The third kappa shape index (κ3) is 4.34. The Morgan fingerprint density at radius 1 is 1.05 bits per heavy atom. The van der Waals surface area contributed by atoms with Crippen LogP contribution < -0.4 is 10.6 Å². The molecule has 0 bridgehead atoms. The van der Waals surface area contributed by atoms with Crippen LogP contribution in [0.1, 0.15) is 18.1 Å². The monoisotopic (exact) mass is 296 g/mol. The molecular weight excluding hydrogens is 281 g/mol. The first-order valence-electron chi connectivity index (χ1n) is 6.46. The fourth-order valence-corrected chi connectivity index (χ4v) is 1.70. The lowest BCUT2D eigenvalue weighted by Crippen LogP contribution is -2.07. The van der Waals surface area contributed by atoms with Gasteiger partial charge in [-0.05, 0) is 30.7 Å². The maximum atomic E-state index is 12.4. The van der Waals surface area contributed by atoms with E-state index >= 15 is 0 Å². The highest BCUT2D eigenvalue weighted by atomic mass is 19.4. The first-order valence-corrected chi connectivity index (χ1v) is 6.46. The zero-order valence-corrected chi connectivity index (χ0v) is 11.4. The average Bonchev–Trinajstić information content (AvgIpc) is 2.45. The van der Waals surface area contributed by atoms with Gasteiger partial charge in [0.2, 0.25) is 5.95 Å². The number of aromatic nitrogens is 2. The molecule has 112 valence electrons. The molecule has 7 heteroatoms. The second-order valence-corrected chi connectivity index (χ2v) is 4.34. The number of hydrogen-bond donors (Lipinski definition) is 2. The molecule has 0 spiro atoms. The van der Waals surface area contributed by atoms with Crippen LogP contribution in [-0.4, -0.2) is 16.5 Å². The molecule has 0 radical (unpaired) electrons. The molecule has 2 N–H and O–H groups in total. The third-order valence-corrected chi connectivity index (χ3v) is 2.75. The van der Waals surface area contributed by atoms with Crippen molar-refractivity contribution < 1.29 is 13.2 Å². The standard InChI is InChI=1S/C14H15F3N4/c1-2-18-13-19-8-7-12(21-13)20-9-10-3-5-11(6-4-10)14(15,16)17/h3-8H,2,9H2,1H3,(H2,18,19,20,21). The van der Waals surface area contributed by atoms with Gasteiger partial charge in [0.1, 0.15) is 5.82 Å². The predicted molar refractivity (Wildman–Crippen MR) is 75.0 cm³/mol. The normalized spacial score (nSPS) is 11.2. The Morgan fingerprint density at radius 2 is 1.76 bits per heavy atom. The third-order valence-electron chi connectivity index (χ3n) is 2.75. The minimum atomic E-state index is -4.31. The molecule has 0 aliphatic heterocycles. The van der Waals surface area contributed by atoms with E-state index in [9.17, 15) is 13.2 Å². The molecule has 0 saturated heterocycles. The summed E-state index contributed by atoms with van der Waals surface area (Å²) in [6.45, 7) is 3.04. The molecule has 1 aromatic heterocycles. The van der Waals surface area contributed by atoms with E-state index in [0.29, 0.717) is 24.9 Å². The molecule has 4 nitrogen and oxygen atoms in total. The largest absolute Gasteiger partial charge is 0.416 e. The van der Waals surface area contributed by atoms with Crippen molar-refractivity contribution in [3.8, 4) is 0 Å². The van der Waals surface area contributed by atoms with Gasteiger partial charge in [-0.3, -0.25) is 0 Å². The van der Waals surface area contributed by atoms with E-state index in [1.165, 1.54) is 12.1 Å². The Balaban J connectivity index is 1.98. The number of rotatable bonds is 5. The van der Waals surface area contributed by atoms with Crippen LogP contribution in [0.3, 0.4) is 0 Å². The van der Waals surface area contributed by atoms with Gasteiger partial charge in [0.05, 0.1) is 5.56 Å². The summed E-state index contributed by atoms with van der Waals surface area (Å²) in [5, 5.41) is 6.03. The summed E-state index contributed by atoms with van der Waals surface area (Å²) in [4.78, 5) is 8.26. The summed E-state index contributed by atoms with van der Waals surface area (Å²) in [5.41, 5.74) is 0.0920. The van der Waals surface area contributed by atoms with Crippen molar-refractivity contribution >= 4 is 11.8 Å². The van der Waals surface area contributed by atoms with E-state index in [2.05, 4.69) is 20.6 Å². The molecule has 21 heavy (non-hydrogen) atoms. The number of halogens is 3. The van der Waals surface area contributed by atoms with Crippen LogP contribution in [0.25, 0.3) is 0 Å². The molecule has 2 aromatic rings. The van der Waals surface area contributed by atoms with Crippen molar-refractivity contribution in [2.45, 2.75) is 19.6 Å². The zero-order chi connectivity index (χ0) is 15.3. The quantitative estimate of drug-likeness (QED) is 0.886. The maximum absolute atomic E-state index is 12.4. The Bertz CT molecular complexity index is 582. The van der Waals surface area contributed by atoms with Crippen molar-refractivity contribution in [2.24, 2.45) is 0 Å². The number of anilines is 2. The van der Waals surface area contributed by atoms with Gasteiger partial charge in [0.25, 0.3) is 0 Å². The minimum Gasteiger partial charge on any atom is -0.366 e. The van der Waals surface area contributed by atoms with E-state index in [0.717, 1.165) is 17.7 Å². The van der Waals surface area contributed by atoms with Gasteiger partial charge < -0.3 is 10.6 Å². The Hall–Kier alpha value is -2.31. The molecule has 1 heterocycles. The second kappa shape index (κ2) is 6.43. The maximum Gasteiger partial charge on any atom is 0.416 e. The summed E-state index contributed by atoms with van der Waals surface area (Å²) in [7, 11) is 0. The number of nitrogens with one attached hydrogen (secondary N) is 2. The van der Waals surface area contributed by atoms with Gasteiger partial charge in [0.15, 0.2) is 0 Å². The van der Waals surface area contributed by atoms with Gasteiger partial charge in [-0.25, -0.2) is 4.98 Å². The minimum absolute atomic E-state index is 0.390. The Kier molecular flexibility index (Phi) is 4.62. The van der Waals surface area contributed by atoms with E-state index in [1.807, 2.05) is 6.92 Å². The SMILES string of the molecule is CCNc1nccc(NCc2ccc(C(F)(F)F)cc2)n1. The van der Waals surface area contributed by atoms with Gasteiger partial charge in [-0.1, -0.05) is 12.1 Å². The lowest BCUT2D eigenvalue weighted by Gasteiger charge is -2.09. The highest BCUT2D eigenvalue weighted by Crippen LogP contribution is 2.29. The summed E-state index contributed by atoms with van der Waals surface area (Å²) in [6.07, 6.45) is -2.70. The van der Waals surface area contributed by atoms with Crippen LogP contribution in [-0.2, 0) is 12.7 Å². The van der Waals surface area contributed by atoms with Crippen LogP contribution in [0.2, 0.25) is 0 Å². The molecule has 0 aliphatic carbocycles. The molecule has 0 amide bonds. The van der Waals surface area contributed by atoms with Crippen molar-refractivity contribution in [1.82, 2.24) is 9.97 Å². The number of benzene rings is 1. The highest BCUT2D eigenvalue weighted by Gasteiger charge is 2.29. The number of nitrogens with zero attached hydrogens (tertiary/aromatic N) is 2. The predicted octanol–water partition coefficient (Wildman–Crippen LogP) is 3.54. The van der Waals surface area contributed by atoms with Crippen LogP contribution in [0.4, 0.5) is 24.9 Å². The molecule has 0 saturated carbocycles. The van der Waals surface area contributed by atoms with Crippen LogP contribution in [0.15, 0.2) is 36.5 Å². The second-order valence-electron chi connectivity index (χ2n) is 4.34. The molecule has 2 rings (SSSR count). The van der Waals surface area contributed by atoms with Crippen molar-refractivity contribution in [2.75, 3.05) is 17.2 Å². The summed E-state index contributed by atoms with van der Waals surface area (Å²) in [5.74, 6) is 1.12. The van der Waals surface area contributed by atoms with Gasteiger partial charge in [-0.2, -0.15) is 18.2 Å². The van der Waals surface area contributed by atoms with E-state index < -0.39 is 11.7 Å². The van der Waals surface area contributed by atoms with Crippen molar-refractivity contribution in [3.05, 3.63) is 47.7 Å². The van der Waals surface area contributed by atoms with Gasteiger partial charge in [0, 0.05) is 19.3 Å². The fraction of sp³-hybridized carbons (Fsp3) is 0.286. The first-order chi connectivity index (χ1) is 9.99. The first kappa shape index (κ1) is 15.1. The lowest BCUT2D eigenvalue weighted by molar-refractivity contribution is -0.137. The molecule has 0 fully saturated rings. The van der Waals surface area contributed by atoms with E-state index in [4.69, 9.17) is 0 Å². The summed E-state index contributed by atoms with van der Waals surface area (Å²) < 4.78 is 37.3. The number of alkyl halides is 3. The van der Waals surface area contributed by atoms with Gasteiger partial charge in [-0.15, -0.1) is 0 Å². The van der Waals surface area contributed by atoms with Crippen LogP contribution in [0.5, 0.6) is 0 Å². The molecule has 0 aliphatic rings. The van der Waals surface area contributed by atoms with Crippen LogP contribution >= 0.6 is 0 Å². The number of hydrogen-bond acceptors (Lipinski definition) is 4. The average molecular weight is 296 g/mol. The van der Waals surface area contributed by atoms with Crippen LogP contribution in [0, 0.1) is 0 Å². The summed E-state index contributed by atoms with van der Waals surface area (Å²) >= 11 is 0. The topological polar surface area (TPSA) is 49.8 Å².